The fourth-order valence-corrected chi connectivity index (χ4v) is 1.82. The minimum absolute atomic E-state index is 0.209. The quantitative estimate of drug-likeness (QED) is 0.182. The highest BCUT2D eigenvalue weighted by molar-refractivity contribution is 14.1. The summed E-state index contributed by atoms with van der Waals surface area (Å²) < 4.78 is 22.4. The Morgan fingerprint density at radius 2 is 2.00 bits per heavy atom. The van der Waals surface area contributed by atoms with Crippen LogP contribution in [0.1, 0.15) is 5.69 Å². The second-order valence-corrected chi connectivity index (χ2v) is 5.42. The van der Waals surface area contributed by atoms with Crippen LogP contribution in [0.2, 0.25) is 0 Å². The highest BCUT2D eigenvalue weighted by atomic mass is 127. The first-order valence-electron chi connectivity index (χ1n) is 7.32. The molecule has 1 aromatic heterocycles. The van der Waals surface area contributed by atoms with E-state index in [0.717, 1.165) is 4.43 Å². The van der Waals surface area contributed by atoms with Crippen LogP contribution < -0.4 is 5.32 Å². The van der Waals surface area contributed by atoms with E-state index >= 15 is 0 Å². The number of alkyl halides is 1. The Bertz CT molecular complexity index is 473. The molecule has 0 saturated carbocycles. The Kier molecular flexibility index (Phi) is 11.9. The van der Waals surface area contributed by atoms with Crippen molar-refractivity contribution in [3.05, 3.63) is 11.9 Å². The number of halogens is 1. The third-order valence-corrected chi connectivity index (χ3v) is 3.00. The van der Waals surface area contributed by atoms with Crippen LogP contribution in [0.5, 0.6) is 0 Å². The van der Waals surface area contributed by atoms with E-state index in [1.54, 1.807) is 10.9 Å². The second kappa shape index (κ2) is 13.9. The molecule has 1 amide bonds. The lowest BCUT2D eigenvalue weighted by Crippen LogP contribution is -2.25. The number of nitrogens with zero attached hydrogens (tertiary/aromatic N) is 3. The Balaban J connectivity index is 2.08. The van der Waals surface area contributed by atoms with Crippen molar-refractivity contribution in [3.8, 4) is 0 Å². The van der Waals surface area contributed by atoms with Gasteiger partial charge in [-0.1, -0.05) is 27.8 Å². The van der Waals surface area contributed by atoms with Crippen molar-refractivity contribution < 1.29 is 28.5 Å². The van der Waals surface area contributed by atoms with E-state index in [1.165, 1.54) is 0 Å². The molecule has 0 bridgehead atoms. The molecule has 0 aliphatic heterocycles. The van der Waals surface area contributed by atoms with Gasteiger partial charge in [-0.25, -0.2) is 9.48 Å². The zero-order valence-electron chi connectivity index (χ0n) is 13.2. The van der Waals surface area contributed by atoms with Gasteiger partial charge in [0.05, 0.1) is 45.7 Å². The molecule has 0 aliphatic carbocycles. The van der Waals surface area contributed by atoms with Crippen LogP contribution in [-0.4, -0.2) is 71.6 Å². The molecule has 0 spiro atoms. The van der Waals surface area contributed by atoms with Crippen LogP contribution in [0.15, 0.2) is 6.20 Å². The number of hydrogen-bond donors (Lipinski definition) is 1. The lowest BCUT2D eigenvalue weighted by atomic mass is 10.5. The smallest absolute Gasteiger partial charge is 0.407 e. The van der Waals surface area contributed by atoms with Gasteiger partial charge < -0.3 is 24.3 Å². The molecule has 1 aromatic rings. The standard InChI is InChI=1S/C13H21IN4O6/c14-1-3-21-7-8-24-13(20)15-9-12-10-18(17-16-12)2-4-22-5-6-23-11-19/h10-11H,1-9H2,(H,15,20). The van der Waals surface area contributed by atoms with Gasteiger partial charge in [0.15, 0.2) is 0 Å². The zero-order chi connectivity index (χ0) is 17.5. The van der Waals surface area contributed by atoms with Crippen LogP contribution in [0, 0.1) is 0 Å². The van der Waals surface area contributed by atoms with Crippen LogP contribution in [0.4, 0.5) is 4.79 Å². The Morgan fingerprint density at radius 3 is 2.79 bits per heavy atom. The molecule has 0 aromatic carbocycles. The fraction of sp³-hybridized carbons (Fsp3) is 0.692. The van der Waals surface area contributed by atoms with E-state index in [2.05, 4.69) is 43.0 Å². The van der Waals surface area contributed by atoms with Gasteiger partial charge in [0.1, 0.15) is 18.9 Å². The number of alkyl carbamates (subject to hydrolysis) is 1. The lowest BCUT2D eigenvalue weighted by molar-refractivity contribution is -0.130. The van der Waals surface area contributed by atoms with Gasteiger partial charge in [-0.2, -0.15) is 0 Å². The monoisotopic (exact) mass is 456 g/mol. The number of ether oxygens (including phenoxy) is 4. The van der Waals surface area contributed by atoms with Crippen molar-refractivity contribution in [1.29, 1.82) is 0 Å². The van der Waals surface area contributed by atoms with Gasteiger partial charge in [0, 0.05) is 4.43 Å². The summed E-state index contributed by atoms with van der Waals surface area (Å²) >= 11 is 2.20. The Hall–Kier alpha value is -1.47. The molecule has 1 rings (SSSR count). The first-order chi connectivity index (χ1) is 11.8. The maximum atomic E-state index is 11.5. The molecule has 136 valence electrons. The normalized spacial score (nSPS) is 10.4. The zero-order valence-corrected chi connectivity index (χ0v) is 15.3. The molecular formula is C13H21IN4O6. The molecular weight excluding hydrogens is 435 g/mol. The molecule has 0 saturated heterocycles. The van der Waals surface area contributed by atoms with Crippen LogP contribution >= 0.6 is 22.6 Å². The molecule has 0 atom stereocenters. The van der Waals surface area contributed by atoms with Crippen molar-refractivity contribution in [2.75, 3.05) is 44.1 Å². The van der Waals surface area contributed by atoms with Crippen LogP contribution in [-0.2, 0) is 36.8 Å². The first kappa shape index (κ1) is 20.6. The average Bonchev–Trinajstić information content (AvgIpc) is 3.04. The SMILES string of the molecule is O=COCCOCCn1cc(CNC(=O)OCCOCCI)nn1. The number of hydrogen-bond acceptors (Lipinski definition) is 8. The molecule has 1 N–H and O–H groups in total. The van der Waals surface area contributed by atoms with E-state index in [4.69, 9.17) is 14.2 Å². The fourth-order valence-electron chi connectivity index (χ4n) is 1.51. The maximum Gasteiger partial charge on any atom is 0.407 e. The summed E-state index contributed by atoms with van der Waals surface area (Å²) in [5.41, 5.74) is 0.609. The van der Waals surface area contributed by atoms with Gasteiger partial charge in [0.2, 0.25) is 0 Å². The maximum absolute atomic E-state index is 11.5. The van der Waals surface area contributed by atoms with E-state index in [-0.39, 0.29) is 19.8 Å². The third kappa shape index (κ3) is 10.3. The molecule has 0 fully saturated rings. The summed E-state index contributed by atoms with van der Waals surface area (Å²) in [5, 5.41) is 10.4. The van der Waals surface area contributed by atoms with Crippen molar-refractivity contribution in [1.82, 2.24) is 20.3 Å². The van der Waals surface area contributed by atoms with Crippen molar-refractivity contribution in [2.45, 2.75) is 13.1 Å². The molecule has 24 heavy (non-hydrogen) atoms. The van der Waals surface area contributed by atoms with Crippen LogP contribution in [0.25, 0.3) is 0 Å². The molecule has 11 heteroatoms. The minimum atomic E-state index is -0.527. The lowest BCUT2D eigenvalue weighted by Gasteiger charge is -2.05. The second-order valence-electron chi connectivity index (χ2n) is 4.34. The van der Waals surface area contributed by atoms with Crippen LogP contribution in [0.3, 0.4) is 0 Å². The van der Waals surface area contributed by atoms with E-state index < -0.39 is 6.09 Å². The molecule has 10 nitrogen and oxygen atoms in total. The summed E-state index contributed by atoms with van der Waals surface area (Å²) in [7, 11) is 0. The first-order valence-corrected chi connectivity index (χ1v) is 8.85. The number of rotatable bonds is 14. The number of aromatic nitrogens is 3. The van der Waals surface area contributed by atoms with E-state index in [1.807, 2.05) is 0 Å². The number of nitrogens with one attached hydrogen (secondary N) is 1. The number of carbonyl (C=O) groups is 2. The summed E-state index contributed by atoms with van der Waals surface area (Å²) in [6, 6.07) is 0. The third-order valence-electron chi connectivity index (χ3n) is 2.56. The molecule has 0 radical (unpaired) electrons. The summed E-state index contributed by atoms with van der Waals surface area (Å²) in [4.78, 5) is 21.4. The van der Waals surface area contributed by atoms with Gasteiger partial charge in [-0.3, -0.25) is 4.79 Å². The van der Waals surface area contributed by atoms with Gasteiger partial charge in [-0.15, -0.1) is 5.10 Å². The number of carbonyl (C=O) groups excluding carboxylic acids is 2. The average molecular weight is 456 g/mol. The molecule has 0 unspecified atom stereocenters. The summed E-state index contributed by atoms with van der Waals surface area (Å²) in [6.45, 7) is 3.30. The van der Waals surface area contributed by atoms with Crippen molar-refractivity contribution in [2.24, 2.45) is 0 Å². The summed E-state index contributed by atoms with van der Waals surface area (Å²) in [6.07, 6.45) is 1.18. The number of amides is 1. The van der Waals surface area contributed by atoms with Crippen molar-refractivity contribution in [3.63, 3.8) is 0 Å². The van der Waals surface area contributed by atoms with Gasteiger partial charge in [-0.05, 0) is 0 Å². The highest BCUT2D eigenvalue weighted by Gasteiger charge is 2.05. The summed E-state index contributed by atoms with van der Waals surface area (Å²) in [5.74, 6) is 0. The Labute approximate surface area is 153 Å². The topological polar surface area (TPSA) is 114 Å². The highest BCUT2D eigenvalue weighted by Crippen LogP contribution is 1.94. The minimum Gasteiger partial charge on any atom is -0.465 e. The largest absolute Gasteiger partial charge is 0.465 e. The van der Waals surface area contributed by atoms with Crippen molar-refractivity contribution >= 4 is 35.2 Å². The predicted octanol–water partition coefficient (Wildman–Crippen LogP) is 0.146. The molecule has 1 heterocycles. The molecule has 0 aliphatic rings. The Morgan fingerprint density at radius 1 is 1.21 bits per heavy atom. The predicted molar refractivity (Wildman–Crippen MR) is 90.8 cm³/mol. The van der Waals surface area contributed by atoms with E-state index in [0.29, 0.717) is 45.1 Å². The van der Waals surface area contributed by atoms with E-state index in [9.17, 15) is 9.59 Å². The van der Waals surface area contributed by atoms with Gasteiger partial charge in [0.25, 0.3) is 6.47 Å². The van der Waals surface area contributed by atoms with Gasteiger partial charge >= 0.3 is 6.09 Å².